The Balaban J connectivity index is 1.61. The number of imidazole rings is 1. The molecule has 0 aliphatic carbocycles. The molecular weight excluding hydrogens is 551 g/mol. The minimum atomic E-state index is -1.08. The molecule has 210 valence electrons. The van der Waals surface area contributed by atoms with Crippen molar-refractivity contribution in [2.75, 3.05) is 12.0 Å². The Kier molecular flexibility index (Phi) is 10.3. The van der Waals surface area contributed by atoms with Crippen molar-refractivity contribution in [3.8, 4) is 5.75 Å². The number of ether oxygens (including phenoxy) is 1. The molecule has 1 amide bonds. The molecule has 40 heavy (non-hydrogen) atoms. The quantitative estimate of drug-likeness (QED) is 0.207. The van der Waals surface area contributed by atoms with E-state index < -0.39 is 24.0 Å². The van der Waals surface area contributed by atoms with E-state index in [4.69, 9.17) is 4.74 Å². The third-order valence-corrected chi connectivity index (χ3v) is 7.79. The van der Waals surface area contributed by atoms with Gasteiger partial charge in [0.1, 0.15) is 22.6 Å². The fourth-order valence-corrected chi connectivity index (χ4v) is 5.33. The van der Waals surface area contributed by atoms with E-state index in [0.29, 0.717) is 42.9 Å². The van der Waals surface area contributed by atoms with Crippen molar-refractivity contribution < 1.29 is 23.8 Å². The number of carboxylic acid groups (broad SMARTS) is 1. The molecule has 2 N–H and O–H groups in total. The van der Waals surface area contributed by atoms with Crippen LogP contribution in [-0.2, 0) is 24.2 Å². The number of nitrogens with one attached hydrogen (secondary N) is 1. The number of benzene rings is 2. The molecule has 0 radical (unpaired) electrons. The first-order valence-electron chi connectivity index (χ1n) is 12.8. The van der Waals surface area contributed by atoms with Crippen LogP contribution in [0.2, 0.25) is 0 Å². The monoisotopic (exact) mass is 582 g/mol. The number of aryl methyl sites for hydroxylation is 3. The SMILES string of the molecule is CSCC[C@H](NC(=O)c1cc(OC(Cn2cnc(C)c2)c2nccs2)ccc1CCc1ccc(F)cc1)C(=O)O. The Morgan fingerprint density at radius 1 is 1.18 bits per heavy atom. The van der Waals surface area contributed by atoms with Crippen molar-refractivity contribution in [3.63, 3.8) is 0 Å². The number of aromatic nitrogens is 3. The maximum absolute atomic E-state index is 13.5. The van der Waals surface area contributed by atoms with E-state index in [2.05, 4.69) is 15.3 Å². The lowest BCUT2D eigenvalue weighted by molar-refractivity contribution is -0.139. The minimum absolute atomic E-state index is 0.305. The maximum Gasteiger partial charge on any atom is 0.326 e. The average molecular weight is 583 g/mol. The molecule has 2 atom stereocenters. The average Bonchev–Trinajstić information content (AvgIpc) is 3.62. The highest BCUT2D eigenvalue weighted by Crippen LogP contribution is 2.28. The molecule has 11 heteroatoms. The minimum Gasteiger partial charge on any atom is -0.481 e. The molecule has 4 rings (SSSR count). The summed E-state index contributed by atoms with van der Waals surface area (Å²) in [6.07, 6.45) is 8.22. The summed E-state index contributed by atoms with van der Waals surface area (Å²) in [5.41, 5.74) is 2.89. The number of hydrogen-bond acceptors (Lipinski definition) is 7. The second kappa shape index (κ2) is 14.1. The van der Waals surface area contributed by atoms with Gasteiger partial charge in [-0.2, -0.15) is 11.8 Å². The molecule has 0 saturated heterocycles. The number of thiazole rings is 1. The summed E-state index contributed by atoms with van der Waals surface area (Å²) >= 11 is 2.99. The molecule has 0 aliphatic rings. The number of rotatable bonds is 14. The molecular formula is C29H31FN4O4S2. The molecule has 1 unspecified atom stereocenters. The molecule has 0 aliphatic heterocycles. The van der Waals surface area contributed by atoms with Crippen LogP contribution in [0.3, 0.4) is 0 Å². The molecule has 0 saturated carbocycles. The molecule has 2 heterocycles. The van der Waals surface area contributed by atoms with Gasteiger partial charge in [0.25, 0.3) is 5.91 Å². The second-order valence-electron chi connectivity index (χ2n) is 9.28. The number of thioether (sulfide) groups is 1. The lowest BCUT2D eigenvalue weighted by Gasteiger charge is -2.20. The zero-order chi connectivity index (χ0) is 28.5. The Bertz CT molecular complexity index is 1410. The molecule has 0 spiro atoms. The van der Waals surface area contributed by atoms with Crippen molar-refractivity contribution in [1.82, 2.24) is 19.9 Å². The van der Waals surface area contributed by atoms with Crippen molar-refractivity contribution in [1.29, 1.82) is 0 Å². The van der Waals surface area contributed by atoms with E-state index in [0.717, 1.165) is 21.8 Å². The van der Waals surface area contributed by atoms with Gasteiger partial charge in [0.2, 0.25) is 0 Å². The van der Waals surface area contributed by atoms with E-state index in [1.54, 1.807) is 36.8 Å². The summed E-state index contributed by atoms with van der Waals surface area (Å²) in [6, 6.07) is 10.5. The first-order valence-corrected chi connectivity index (χ1v) is 15.0. The van der Waals surface area contributed by atoms with Gasteiger partial charge in [-0.15, -0.1) is 11.3 Å². The molecule has 2 aromatic carbocycles. The van der Waals surface area contributed by atoms with E-state index in [1.165, 1.54) is 35.2 Å². The molecule has 8 nitrogen and oxygen atoms in total. The highest BCUT2D eigenvalue weighted by atomic mass is 32.2. The van der Waals surface area contributed by atoms with Gasteiger partial charge >= 0.3 is 5.97 Å². The van der Waals surface area contributed by atoms with E-state index >= 15 is 0 Å². The predicted octanol–water partition coefficient (Wildman–Crippen LogP) is 5.33. The maximum atomic E-state index is 13.5. The van der Waals surface area contributed by atoms with E-state index in [1.807, 2.05) is 35.4 Å². The molecule has 2 aromatic heterocycles. The standard InChI is InChI=1S/C29H31FN4O4S2/c1-19-16-34(18-32-19)17-26(28-31-12-14-40-28)38-23-10-7-21(6-3-20-4-8-22(30)9-5-20)24(15-23)27(35)33-25(29(36)37)11-13-39-2/h4-5,7-10,12,14-16,18,25-26H,3,6,11,13,17H2,1-2H3,(H,33,35)(H,36,37)/t25-,26?/m0/s1. The highest BCUT2D eigenvalue weighted by molar-refractivity contribution is 7.98. The van der Waals surface area contributed by atoms with Crippen LogP contribution in [0.25, 0.3) is 0 Å². The number of carbonyl (C=O) groups is 2. The first kappa shape index (κ1) is 29.3. The van der Waals surface area contributed by atoms with E-state index in [9.17, 15) is 19.1 Å². The third-order valence-electron chi connectivity index (χ3n) is 6.28. The Morgan fingerprint density at radius 2 is 1.98 bits per heavy atom. The van der Waals surface area contributed by atoms with Crippen LogP contribution in [0.15, 0.2) is 66.6 Å². The number of carboxylic acids is 1. The number of amides is 1. The largest absolute Gasteiger partial charge is 0.481 e. The van der Waals surface area contributed by atoms with Crippen LogP contribution >= 0.6 is 23.1 Å². The van der Waals surface area contributed by atoms with Crippen molar-refractivity contribution in [3.05, 3.63) is 99.8 Å². The van der Waals surface area contributed by atoms with Gasteiger partial charge in [0.05, 0.1) is 18.6 Å². The van der Waals surface area contributed by atoms with Crippen molar-refractivity contribution >= 4 is 35.0 Å². The summed E-state index contributed by atoms with van der Waals surface area (Å²) in [7, 11) is 0. The number of hydrogen-bond donors (Lipinski definition) is 2. The van der Waals surface area contributed by atoms with Gasteiger partial charge in [0, 0.05) is 23.3 Å². The molecule has 0 fully saturated rings. The normalized spacial score (nSPS) is 12.6. The van der Waals surface area contributed by atoms with Crippen LogP contribution in [0, 0.1) is 12.7 Å². The smallest absolute Gasteiger partial charge is 0.326 e. The van der Waals surface area contributed by atoms with Crippen molar-refractivity contribution in [2.45, 2.75) is 44.9 Å². The summed E-state index contributed by atoms with van der Waals surface area (Å²) in [6.45, 7) is 2.38. The summed E-state index contributed by atoms with van der Waals surface area (Å²) < 4.78 is 21.7. The van der Waals surface area contributed by atoms with E-state index in [-0.39, 0.29) is 5.82 Å². The number of carbonyl (C=O) groups excluding carboxylic acids is 1. The van der Waals surface area contributed by atoms with Gasteiger partial charge < -0.3 is 19.7 Å². The predicted molar refractivity (Wildman–Crippen MR) is 155 cm³/mol. The molecule has 4 aromatic rings. The Morgan fingerprint density at radius 3 is 2.62 bits per heavy atom. The topological polar surface area (TPSA) is 106 Å². The molecule has 0 bridgehead atoms. The van der Waals surface area contributed by atoms with Crippen molar-refractivity contribution in [2.24, 2.45) is 0 Å². The number of halogens is 1. The van der Waals surface area contributed by atoms with Crippen LogP contribution < -0.4 is 10.1 Å². The summed E-state index contributed by atoms with van der Waals surface area (Å²) in [5, 5.41) is 15.0. The van der Waals surface area contributed by atoms with Gasteiger partial charge in [0.15, 0.2) is 6.10 Å². The van der Waals surface area contributed by atoms with Gasteiger partial charge in [-0.1, -0.05) is 18.2 Å². The van der Waals surface area contributed by atoms with Crippen LogP contribution in [0.5, 0.6) is 5.75 Å². The number of aliphatic carboxylic acids is 1. The first-order chi connectivity index (χ1) is 19.3. The Hall–Kier alpha value is -3.70. The fraction of sp³-hybridized carbons (Fsp3) is 0.310. The highest BCUT2D eigenvalue weighted by Gasteiger charge is 2.23. The third kappa shape index (κ3) is 8.15. The van der Waals surface area contributed by atoms with Crippen LogP contribution in [0.4, 0.5) is 4.39 Å². The van der Waals surface area contributed by atoms with Crippen LogP contribution in [-0.4, -0.2) is 49.6 Å². The Labute approximate surface area is 240 Å². The fourth-order valence-electron chi connectivity index (χ4n) is 4.20. The zero-order valence-corrected chi connectivity index (χ0v) is 23.9. The van der Waals surface area contributed by atoms with Crippen LogP contribution in [0.1, 0.15) is 44.7 Å². The zero-order valence-electron chi connectivity index (χ0n) is 22.2. The van der Waals surface area contributed by atoms with Gasteiger partial charge in [-0.3, -0.25) is 4.79 Å². The van der Waals surface area contributed by atoms with Gasteiger partial charge in [-0.05, 0) is 73.6 Å². The second-order valence-corrected chi connectivity index (χ2v) is 11.2. The summed E-state index contributed by atoms with van der Waals surface area (Å²) in [5.74, 6) is -0.813. The van der Waals surface area contributed by atoms with Gasteiger partial charge in [-0.25, -0.2) is 19.2 Å². The summed E-state index contributed by atoms with van der Waals surface area (Å²) in [4.78, 5) is 34.0. The number of nitrogens with zero attached hydrogens (tertiary/aromatic N) is 3. The lowest BCUT2D eigenvalue weighted by atomic mass is 9.98. The lowest BCUT2D eigenvalue weighted by Crippen LogP contribution is -2.41.